The monoisotopic (exact) mass is 266 g/mol. The summed E-state index contributed by atoms with van der Waals surface area (Å²) in [5.41, 5.74) is -0.550. The predicted molar refractivity (Wildman–Crippen MR) is 63.5 cm³/mol. The number of hydrogen-bond acceptors (Lipinski definition) is 4. The van der Waals surface area contributed by atoms with E-state index in [1.165, 1.54) is 18.2 Å². The van der Waals surface area contributed by atoms with Crippen LogP contribution in [-0.4, -0.2) is 28.2 Å². The third-order valence-corrected chi connectivity index (χ3v) is 2.62. The highest BCUT2D eigenvalue weighted by molar-refractivity contribution is 6.30. The molecule has 2 amide bonds. The molecule has 92 valence electrons. The molecular weight excluding hydrogens is 260 g/mol. The van der Waals surface area contributed by atoms with E-state index in [2.05, 4.69) is 6.58 Å². The number of nitro groups is 1. The molecule has 0 bridgehead atoms. The standard InChI is InChI=1S/C11H7ClN2O4/c1-6(12)5-13-10(15)7-3-2-4-8(14(17)18)9(7)11(13)16/h2-4H,1,5H2. The van der Waals surface area contributed by atoms with Gasteiger partial charge in [-0.1, -0.05) is 24.2 Å². The number of carbonyl (C=O) groups excluding carboxylic acids is 2. The molecule has 0 spiro atoms. The van der Waals surface area contributed by atoms with E-state index in [1.54, 1.807) is 0 Å². The number of imide groups is 1. The normalized spacial score (nSPS) is 13.7. The summed E-state index contributed by atoms with van der Waals surface area (Å²) in [4.78, 5) is 34.8. The van der Waals surface area contributed by atoms with Crippen LogP contribution in [0.15, 0.2) is 29.8 Å². The van der Waals surface area contributed by atoms with Crippen molar-refractivity contribution in [3.63, 3.8) is 0 Å². The Morgan fingerprint density at radius 2 is 2.06 bits per heavy atom. The molecule has 7 heteroatoms. The van der Waals surface area contributed by atoms with Gasteiger partial charge in [-0.15, -0.1) is 0 Å². The number of halogens is 1. The van der Waals surface area contributed by atoms with Gasteiger partial charge >= 0.3 is 0 Å². The molecule has 6 nitrogen and oxygen atoms in total. The van der Waals surface area contributed by atoms with Gasteiger partial charge in [0.2, 0.25) is 0 Å². The van der Waals surface area contributed by atoms with Crippen molar-refractivity contribution in [2.75, 3.05) is 6.54 Å². The van der Waals surface area contributed by atoms with Gasteiger partial charge in [0.05, 0.1) is 17.0 Å². The van der Waals surface area contributed by atoms with Crippen molar-refractivity contribution in [2.24, 2.45) is 0 Å². The fourth-order valence-electron chi connectivity index (χ4n) is 1.78. The smallest absolute Gasteiger partial charge is 0.269 e. The predicted octanol–water partition coefficient (Wildman–Crippen LogP) is 1.94. The van der Waals surface area contributed by atoms with Crippen molar-refractivity contribution in [2.45, 2.75) is 0 Å². The number of nitro benzene ring substituents is 1. The van der Waals surface area contributed by atoms with E-state index in [0.29, 0.717) is 0 Å². The summed E-state index contributed by atoms with van der Waals surface area (Å²) >= 11 is 5.56. The minimum Gasteiger partial charge on any atom is -0.269 e. The highest BCUT2D eigenvalue weighted by Gasteiger charge is 2.40. The summed E-state index contributed by atoms with van der Waals surface area (Å²) in [6, 6.07) is 3.92. The highest BCUT2D eigenvalue weighted by Crippen LogP contribution is 2.31. The second-order valence-corrected chi connectivity index (χ2v) is 4.21. The Kier molecular flexibility index (Phi) is 2.88. The van der Waals surface area contributed by atoms with E-state index in [-0.39, 0.29) is 28.4 Å². The molecule has 1 aliphatic rings. The third kappa shape index (κ3) is 1.76. The molecule has 0 saturated heterocycles. The summed E-state index contributed by atoms with van der Waals surface area (Å²) < 4.78 is 0. The van der Waals surface area contributed by atoms with E-state index < -0.39 is 16.7 Å². The second kappa shape index (κ2) is 4.23. The number of rotatable bonds is 3. The number of benzene rings is 1. The Hall–Kier alpha value is -2.21. The lowest BCUT2D eigenvalue weighted by Crippen LogP contribution is -2.30. The first-order valence-corrected chi connectivity index (χ1v) is 5.28. The lowest BCUT2D eigenvalue weighted by Gasteiger charge is -2.11. The number of fused-ring (bicyclic) bond motifs is 1. The summed E-state index contributed by atoms with van der Waals surface area (Å²) in [6.07, 6.45) is 0. The van der Waals surface area contributed by atoms with E-state index in [0.717, 1.165) is 4.90 Å². The first-order valence-electron chi connectivity index (χ1n) is 4.90. The zero-order valence-electron chi connectivity index (χ0n) is 9.05. The maximum atomic E-state index is 12.0. The lowest BCUT2D eigenvalue weighted by atomic mass is 10.1. The molecule has 0 N–H and O–H groups in total. The van der Waals surface area contributed by atoms with Crippen molar-refractivity contribution in [1.82, 2.24) is 4.90 Å². The maximum absolute atomic E-state index is 12.0. The third-order valence-electron chi connectivity index (χ3n) is 2.50. The van der Waals surface area contributed by atoms with Crippen molar-refractivity contribution in [1.29, 1.82) is 0 Å². The van der Waals surface area contributed by atoms with Gasteiger partial charge in [-0.2, -0.15) is 0 Å². The van der Waals surface area contributed by atoms with Gasteiger partial charge < -0.3 is 0 Å². The van der Waals surface area contributed by atoms with Gasteiger partial charge in [0.15, 0.2) is 0 Å². The molecule has 0 fully saturated rings. The van der Waals surface area contributed by atoms with E-state index in [4.69, 9.17) is 11.6 Å². The van der Waals surface area contributed by atoms with Crippen molar-refractivity contribution >= 4 is 29.1 Å². The molecule has 0 unspecified atom stereocenters. The molecule has 1 aromatic carbocycles. The molecule has 0 aromatic heterocycles. The zero-order chi connectivity index (χ0) is 13.4. The number of carbonyl (C=O) groups is 2. The molecule has 18 heavy (non-hydrogen) atoms. The van der Waals surface area contributed by atoms with Crippen LogP contribution in [0.4, 0.5) is 5.69 Å². The van der Waals surface area contributed by atoms with Crippen LogP contribution in [0, 0.1) is 10.1 Å². The van der Waals surface area contributed by atoms with Crippen LogP contribution >= 0.6 is 11.6 Å². The Bertz CT molecular complexity index is 597. The first-order chi connectivity index (χ1) is 8.43. The summed E-state index contributed by atoms with van der Waals surface area (Å²) in [6.45, 7) is 3.23. The van der Waals surface area contributed by atoms with Gasteiger partial charge in [-0.05, 0) is 6.07 Å². The van der Waals surface area contributed by atoms with Crippen molar-refractivity contribution < 1.29 is 14.5 Å². The van der Waals surface area contributed by atoms with E-state index in [9.17, 15) is 19.7 Å². The largest absolute Gasteiger partial charge is 0.282 e. The lowest BCUT2D eigenvalue weighted by molar-refractivity contribution is -0.385. The minimum atomic E-state index is -0.718. The highest BCUT2D eigenvalue weighted by atomic mass is 35.5. The van der Waals surface area contributed by atoms with Crippen LogP contribution in [0.1, 0.15) is 20.7 Å². The Labute approximate surface area is 107 Å². The van der Waals surface area contributed by atoms with Gasteiger partial charge in [0.25, 0.3) is 17.5 Å². The summed E-state index contributed by atoms with van der Waals surface area (Å²) in [5.74, 6) is -1.32. The molecule has 1 heterocycles. The Balaban J connectivity index is 2.55. The van der Waals surface area contributed by atoms with Crippen LogP contribution in [-0.2, 0) is 0 Å². The van der Waals surface area contributed by atoms with Crippen LogP contribution in [0.5, 0.6) is 0 Å². The van der Waals surface area contributed by atoms with Gasteiger partial charge in [-0.25, -0.2) is 0 Å². The maximum Gasteiger partial charge on any atom is 0.282 e. The molecular formula is C11H7ClN2O4. The summed E-state index contributed by atoms with van der Waals surface area (Å²) in [7, 11) is 0. The SMILES string of the molecule is C=C(Cl)CN1C(=O)c2cccc([N+](=O)[O-])c2C1=O. The van der Waals surface area contributed by atoms with Crippen LogP contribution in [0.25, 0.3) is 0 Å². The average Bonchev–Trinajstić information content (AvgIpc) is 2.54. The Morgan fingerprint density at radius 3 is 2.61 bits per heavy atom. The molecule has 0 radical (unpaired) electrons. The molecule has 0 aliphatic carbocycles. The van der Waals surface area contributed by atoms with Crippen LogP contribution in [0.3, 0.4) is 0 Å². The van der Waals surface area contributed by atoms with E-state index in [1.807, 2.05) is 0 Å². The quantitative estimate of drug-likeness (QED) is 0.476. The fourth-order valence-corrected chi connectivity index (χ4v) is 1.90. The minimum absolute atomic E-state index is 0.0205. The first kappa shape index (κ1) is 12.3. The topological polar surface area (TPSA) is 80.5 Å². The van der Waals surface area contributed by atoms with Gasteiger partial charge in [-0.3, -0.25) is 24.6 Å². The fraction of sp³-hybridized carbons (Fsp3) is 0.0909. The number of nitrogens with zero attached hydrogens (tertiary/aromatic N) is 2. The molecule has 2 rings (SSSR count). The zero-order valence-corrected chi connectivity index (χ0v) is 9.81. The molecule has 0 atom stereocenters. The number of hydrogen-bond donors (Lipinski definition) is 0. The average molecular weight is 267 g/mol. The van der Waals surface area contributed by atoms with Crippen LogP contribution in [0.2, 0.25) is 0 Å². The second-order valence-electron chi connectivity index (χ2n) is 3.67. The molecule has 0 saturated carbocycles. The van der Waals surface area contributed by atoms with Crippen molar-refractivity contribution in [3.8, 4) is 0 Å². The van der Waals surface area contributed by atoms with Crippen molar-refractivity contribution in [3.05, 3.63) is 51.1 Å². The summed E-state index contributed by atoms with van der Waals surface area (Å²) in [5, 5.41) is 10.9. The van der Waals surface area contributed by atoms with Crippen LogP contribution < -0.4 is 0 Å². The molecule has 1 aromatic rings. The number of amides is 2. The van der Waals surface area contributed by atoms with Gasteiger partial charge in [0.1, 0.15) is 5.56 Å². The molecule has 1 aliphatic heterocycles. The Morgan fingerprint density at radius 1 is 1.39 bits per heavy atom. The van der Waals surface area contributed by atoms with Gasteiger partial charge in [0, 0.05) is 11.1 Å². The van der Waals surface area contributed by atoms with E-state index >= 15 is 0 Å².